The molecule has 2 aromatic rings. The van der Waals surface area contributed by atoms with Gasteiger partial charge in [-0.1, -0.05) is 36.8 Å². The minimum absolute atomic E-state index is 0.00659. The van der Waals surface area contributed by atoms with E-state index in [1.165, 1.54) is 7.11 Å². The SMILES string of the molecule is COc1c(Cl)cccc1NC(=S)C1=C(N(C)c2ccncc2OC[C@@H]2CCCO2)C(C)CNC1=O. The van der Waals surface area contributed by atoms with Crippen molar-refractivity contribution in [3.63, 3.8) is 0 Å². The molecule has 2 N–H and O–H groups in total. The summed E-state index contributed by atoms with van der Waals surface area (Å²) in [6.45, 7) is 3.74. The molecular weight excluding hydrogens is 488 g/mol. The third-order valence-corrected chi connectivity index (χ3v) is 6.70. The minimum atomic E-state index is -0.251. The summed E-state index contributed by atoms with van der Waals surface area (Å²) in [4.78, 5) is 19.5. The lowest BCUT2D eigenvalue weighted by atomic mass is 9.95. The Morgan fingerprint density at radius 2 is 2.23 bits per heavy atom. The van der Waals surface area contributed by atoms with Crippen LogP contribution in [0.4, 0.5) is 11.4 Å². The van der Waals surface area contributed by atoms with E-state index in [-0.39, 0.29) is 22.9 Å². The van der Waals surface area contributed by atoms with Crippen molar-refractivity contribution in [2.45, 2.75) is 25.9 Å². The van der Waals surface area contributed by atoms with Gasteiger partial charge in [-0.15, -0.1) is 0 Å². The van der Waals surface area contributed by atoms with E-state index < -0.39 is 0 Å². The van der Waals surface area contributed by atoms with E-state index in [1.54, 1.807) is 30.6 Å². The molecule has 186 valence electrons. The number of carbonyl (C=O) groups is 1. The number of hydrogen-bond donors (Lipinski definition) is 2. The normalized spacial score (nSPS) is 19.8. The summed E-state index contributed by atoms with van der Waals surface area (Å²) in [6, 6.07) is 7.18. The number of halogens is 1. The van der Waals surface area contributed by atoms with E-state index >= 15 is 0 Å². The van der Waals surface area contributed by atoms with Crippen LogP contribution in [0.2, 0.25) is 5.02 Å². The number of methoxy groups -OCH3 is 1. The first kappa shape index (κ1) is 25.2. The molecule has 1 aromatic heterocycles. The minimum Gasteiger partial charge on any atom is -0.493 e. The zero-order valence-electron chi connectivity index (χ0n) is 20.0. The zero-order valence-corrected chi connectivity index (χ0v) is 21.5. The van der Waals surface area contributed by atoms with Crippen molar-refractivity contribution in [3.05, 3.63) is 53.0 Å². The molecule has 8 nitrogen and oxygen atoms in total. The second-order valence-electron chi connectivity index (χ2n) is 8.49. The largest absolute Gasteiger partial charge is 0.493 e. The van der Waals surface area contributed by atoms with Crippen molar-refractivity contribution in [1.29, 1.82) is 0 Å². The number of amides is 1. The highest BCUT2D eigenvalue weighted by molar-refractivity contribution is 7.81. The van der Waals surface area contributed by atoms with E-state index in [9.17, 15) is 4.79 Å². The molecule has 35 heavy (non-hydrogen) atoms. The van der Waals surface area contributed by atoms with E-state index in [4.69, 9.17) is 38.0 Å². The topological polar surface area (TPSA) is 85.0 Å². The summed E-state index contributed by atoms with van der Waals surface area (Å²) < 4.78 is 17.2. The highest BCUT2D eigenvalue weighted by Gasteiger charge is 2.32. The summed E-state index contributed by atoms with van der Waals surface area (Å²) in [7, 11) is 3.44. The first-order chi connectivity index (χ1) is 16.9. The van der Waals surface area contributed by atoms with Gasteiger partial charge >= 0.3 is 0 Å². The Bertz CT molecular complexity index is 1140. The molecule has 1 saturated heterocycles. The van der Waals surface area contributed by atoms with Crippen LogP contribution in [0.5, 0.6) is 11.5 Å². The molecule has 10 heteroatoms. The molecule has 2 aliphatic rings. The van der Waals surface area contributed by atoms with Gasteiger partial charge in [0.05, 0.1) is 41.4 Å². The molecular formula is C25H29ClN4O4S. The van der Waals surface area contributed by atoms with Crippen molar-refractivity contribution in [2.75, 3.05) is 44.1 Å². The molecule has 0 bridgehead atoms. The molecule has 3 heterocycles. The van der Waals surface area contributed by atoms with Crippen LogP contribution in [-0.4, -0.2) is 55.9 Å². The second kappa shape index (κ2) is 11.2. The van der Waals surface area contributed by atoms with Crippen molar-refractivity contribution in [3.8, 4) is 11.5 Å². The first-order valence-corrected chi connectivity index (χ1v) is 12.3. The molecule has 0 saturated carbocycles. The molecule has 0 aliphatic carbocycles. The van der Waals surface area contributed by atoms with Gasteiger partial charge in [-0.25, -0.2) is 0 Å². The Hall–Kier alpha value is -2.88. The number of thiocarbonyl (C=S) groups is 1. The number of nitrogens with zero attached hydrogens (tertiary/aromatic N) is 2. The predicted molar refractivity (Wildman–Crippen MR) is 141 cm³/mol. The van der Waals surface area contributed by atoms with Gasteiger partial charge < -0.3 is 29.7 Å². The monoisotopic (exact) mass is 516 g/mol. The van der Waals surface area contributed by atoms with Crippen molar-refractivity contribution in [1.82, 2.24) is 10.3 Å². The number of rotatable bonds is 8. The summed E-state index contributed by atoms with van der Waals surface area (Å²) in [5.74, 6) is 0.813. The quantitative estimate of drug-likeness (QED) is 0.505. The Labute approximate surface area is 215 Å². The van der Waals surface area contributed by atoms with Crippen LogP contribution in [0, 0.1) is 5.92 Å². The summed E-state index contributed by atoms with van der Waals surface area (Å²) in [6.07, 6.45) is 5.48. The number of carbonyl (C=O) groups excluding carboxylic acids is 1. The van der Waals surface area contributed by atoms with Crippen LogP contribution in [0.25, 0.3) is 0 Å². The molecule has 4 rings (SSSR count). The van der Waals surface area contributed by atoms with Gasteiger partial charge in [-0.05, 0) is 31.0 Å². The van der Waals surface area contributed by atoms with E-state index in [2.05, 4.69) is 15.6 Å². The summed E-state index contributed by atoms with van der Waals surface area (Å²) in [5.41, 5.74) is 2.52. The highest BCUT2D eigenvalue weighted by atomic mass is 35.5. The third kappa shape index (κ3) is 5.52. The maximum absolute atomic E-state index is 13.1. The predicted octanol–water partition coefficient (Wildman–Crippen LogP) is 4.20. The lowest BCUT2D eigenvalue weighted by Crippen LogP contribution is -2.44. The van der Waals surface area contributed by atoms with Gasteiger partial charge in [0.15, 0.2) is 11.5 Å². The summed E-state index contributed by atoms with van der Waals surface area (Å²) >= 11 is 12.0. The fourth-order valence-corrected chi connectivity index (χ4v) is 4.92. The van der Waals surface area contributed by atoms with Gasteiger partial charge in [0.2, 0.25) is 0 Å². The van der Waals surface area contributed by atoms with Crippen LogP contribution in [0.3, 0.4) is 0 Å². The average Bonchev–Trinajstić information content (AvgIpc) is 3.37. The number of benzene rings is 1. The van der Waals surface area contributed by atoms with Crippen LogP contribution in [0.15, 0.2) is 47.9 Å². The van der Waals surface area contributed by atoms with Gasteiger partial charge in [-0.2, -0.15) is 0 Å². The van der Waals surface area contributed by atoms with Crippen LogP contribution >= 0.6 is 23.8 Å². The Balaban J connectivity index is 1.67. The smallest absolute Gasteiger partial charge is 0.256 e. The molecule has 2 atom stereocenters. The van der Waals surface area contributed by atoms with Crippen LogP contribution in [0.1, 0.15) is 19.8 Å². The molecule has 2 aliphatic heterocycles. The number of nitrogens with one attached hydrogen (secondary N) is 2. The first-order valence-electron chi connectivity index (χ1n) is 11.5. The lowest BCUT2D eigenvalue weighted by Gasteiger charge is -2.34. The number of pyridine rings is 1. The molecule has 1 amide bonds. The Morgan fingerprint density at radius 1 is 1.40 bits per heavy atom. The fraction of sp³-hybridized carbons (Fsp3) is 0.400. The molecule has 1 unspecified atom stereocenters. The zero-order chi connectivity index (χ0) is 24.9. The van der Waals surface area contributed by atoms with E-state index in [0.717, 1.165) is 30.8 Å². The van der Waals surface area contributed by atoms with E-state index in [0.29, 0.717) is 40.9 Å². The Morgan fingerprint density at radius 3 is 2.97 bits per heavy atom. The van der Waals surface area contributed by atoms with Gasteiger partial charge in [0, 0.05) is 38.0 Å². The van der Waals surface area contributed by atoms with Crippen molar-refractivity contribution < 1.29 is 19.0 Å². The molecule has 1 aromatic carbocycles. The summed E-state index contributed by atoms with van der Waals surface area (Å²) in [5, 5.41) is 6.53. The van der Waals surface area contributed by atoms with Gasteiger partial charge in [0.1, 0.15) is 11.6 Å². The maximum Gasteiger partial charge on any atom is 0.256 e. The number of anilines is 2. The fourth-order valence-electron chi connectivity index (χ4n) is 4.36. The number of para-hydroxylation sites is 1. The molecule has 0 radical (unpaired) electrons. The van der Waals surface area contributed by atoms with Gasteiger partial charge in [0.25, 0.3) is 5.91 Å². The van der Waals surface area contributed by atoms with Crippen molar-refractivity contribution >= 4 is 46.1 Å². The second-order valence-corrected chi connectivity index (χ2v) is 9.31. The standard InChI is InChI=1S/C25H29ClN4O4S/c1-15-12-28-24(31)21(25(35)29-18-8-4-7-17(26)23(18)32-3)22(15)30(2)19-9-10-27-13-20(19)34-14-16-6-5-11-33-16/h4,7-10,13,15-16H,5-6,11-12,14H2,1-3H3,(H,28,31)(H,29,35)/t15?,16-/m0/s1. The highest BCUT2D eigenvalue weighted by Crippen LogP contribution is 2.36. The molecule has 1 fully saturated rings. The van der Waals surface area contributed by atoms with Crippen molar-refractivity contribution in [2.24, 2.45) is 5.92 Å². The lowest BCUT2D eigenvalue weighted by molar-refractivity contribution is -0.117. The number of aromatic nitrogens is 1. The molecule has 0 spiro atoms. The Kier molecular flexibility index (Phi) is 8.10. The third-order valence-electron chi connectivity index (χ3n) is 6.10. The average molecular weight is 517 g/mol. The van der Waals surface area contributed by atoms with E-state index in [1.807, 2.05) is 24.9 Å². The van der Waals surface area contributed by atoms with Crippen LogP contribution < -0.4 is 25.0 Å². The maximum atomic E-state index is 13.1. The number of ether oxygens (including phenoxy) is 3. The van der Waals surface area contributed by atoms with Gasteiger partial charge in [-0.3, -0.25) is 9.78 Å². The number of hydrogen-bond acceptors (Lipinski definition) is 7. The van der Waals surface area contributed by atoms with Crippen LogP contribution in [-0.2, 0) is 9.53 Å².